The van der Waals surface area contributed by atoms with Crippen molar-refractivity contribution in [3.8, 4) is 5.75 Å². The quantitative estimate of drug-likeness (QED) is 0.363. The molecule has 1 aromatic rings. The average Bonchev–Trinajstić information content (AvgIpc) is 3.14. The molecule has 2 aliphatic carbocycles. The number of rotatable bonds is 6. The van der Waals surface area contributed by atoms with E-state index in [2.05, 4.69) is 98.7 Å². The van der Waals surface area contributed by atoms with Gasteiger partial charge in [-0.05, 0) is 73.0 Å². The van der Waals surface area contributed by atoms with E-state index in [4.69, 9.17) is 9.47 Å². The fraction of sp³-hybridized carbons (Fsp3) is 0.704. The van der Waals surface area contributed by atoms with E-state index >= 15 is 0 Å². The fourth-order valence-corrected chi connectivity index (χ4v) is 6.13. The van der Waals surface area contributed by atoms with Crippen LogP contribution in [0.15, 0.2) is 36.4 Å². The van der Waals surface area contributed by atoms with Crippen molar-refractivity contribution >= 4 is 0 Å². The molecule has 2 nitrogen and oxygen atoms in total. The first kappa shape index (κ1) is 22.4. The summed E-state index contributed by atoms with van der Waals surface area (Å²) in [5.74, 6) is 2.63. The minimum absolute atomic E-state index is 0.0434. The maximum atomic E-state index is 6.51. The highest BCUT2D eigenvalue weighted by atomic mass is 16.7. The molecule has 1 fully saturated rings. The number of hydrogen-bond donors (Lipinski definition) is 0. The lowest BCUT2D eigenvalue weighted by atomic mass is 9.64. The zero-order chi connectivity index (χ0) is 21.6. The van der Waals surface area contributed by atoms with E-state index in [1.54, 1.807) is 0 Å². The van der Waals surface area contributed by atoms with Crippen molar-refractivity contribution in [1.29, 1.82) is 0 Å². The lowest BCUT2D eigenvalue weighted by Gasteiger charge is -2.41. The van der Waals surface area contributed by atoms with E-state index in [9.17, 15) is 0 Å². The summed E-state index contributed by atoms with van der Waals surface area (Å²) in [7, 11) is 0. The molecule has 2 heteroatoms. The van der Waals surface area contributed by atoms with Crippen molar-refractivity contribution < 1.29 is 9.47 Å². The lowest BCUT2D eigenvalue weighted by molar-refractivity contribution is -0.180. The summed E-state index contributed by atoms with van der Waals surface area (Å²) in [6.07, 6.45) is 7.09. The van der Waals surface area contributed by atoms with Crippen LogP contribution in [0.2, 0.25) is 0 Å². The van der Waals surface area contributed by atoms with Crippen LogP contribution in [0.4, 0.5) is 0 Å². The molecular weight excluding hydrogens is 356 g/mol. The van der Waals surface area contributed by atoms with Gasteiger partial charge in [-0.2, -0.15) is 0 Å². The van der Waals surface area contributed by atoms with Crippen molar-refractivity contribution in [2.45, 2.75) is 93.5 Å². The first-order chi connectivity index (χ1) is 13.3. The Balaban J connectivity index is 1.82. The number of benzene rings is 1. The predicted octanol–water partition coefficient (Wildman–Crippen LogP) is 7.59. The van der Waals surface area contributed by atoms with Crippen LogP contribution >= 0.6 is 0 Å². The minimum Gasteiger partial charge on any atom is -0.464 e. The van der Waals surface area contributed by atoms with E-state index in [-0.39, 0.29) is 28.6 Å². The standard InChI is InChI=1S/C27H42O2/c1-18(2)28-24(27(9)17-19-10-13-21(27)16-19)29-22-14-11-20(12-15-22)23(25(3,4)5)26(6,7)8/h10-15,18-19,21,23-24H,16-17H2,1-9H3. The molecule has 162 valence electrons. The number of allylic oxidation sites excluding steroid dienone is 2. The summed E-state index contributed by atoms with van der Waals surface area (Å²) in [4.78, 5) is 0. The van der Waals surface area contributed by atoms with Gasteiger partial charge in [0.25, 0.3) is 0 Å². The monoisotopic (exact) mass is 398 g/mol. The van der Waals surface area contributed by atoms with Crippen molar-refractivity contribution in [2.75, 3.05) is 0 Å². The Labute approximate surface area is 179 Å². The molecule has 0 aliphatic heterocycles. The van der Waals surface area contributed by atoms with Gasteiger partial charge in [-0.25, -0.2) is 0 Å². The van der Waals surface area contributed by atoms with Crippen LogP contribution in [0.5, 0.6) is 5.75 Å². The normalized spacial score (nSPS) is 27.8. The van der Waals surface area contributed by atoms with E-state index in [1.807, 2.05) is 0 Å². The highest BCUT2D eigenvalue weighted by molar-refractivity contribution is 5.32. The molecule has 2 aliphatic rings. The van der Waals surface area contributed by atoms with Crippen LogP contribution in [0.1, 0.15) is 86.6 Å². The number of ether oxygens (including phenoxy) is 2. The topological polar surface area (TPSA) is 18.5 Å². The Hall–Kier alpha value is -1.28. The van der Waals surface area contributed by atoms with Gasteiger partial charge in [0.1, 0.15) is 5.75 Å². The molecule has 4 atom stereocenters. The average molecular weight is 399 g/mol. The Morgan fingerprint density at radius 1 is 0.931 bits per heavy atom. The second-order valence-corrected chi connectivity index (χ2v) is 12.1. The third-order valence-electron chi connectivity index (χ3n) is 6.84. The van der Waals surface area contributed by atoms with Crippen molar-refractivity contribution in [2.24, 2.45) is 28.1 Å². The SMILES string of the molecule is CC(C)OC(Oc1ccc(C(C(C)(C)C)C(C)(C)C)cc1)C1(C)CC2C=CC1C2. The van der Waals surface area contributed by atoms with Crippen LogP contribution in [0.3, 0.4) is 0 Å². The fourth-order valence-electron chi connectivity index (χ4n) is 6.13. The van der Waals surface area contributed by atoms with Crippen LogP contribution in [-0.4, -0.2) is 12.4 Å². The summed E-state index contributed by atoms with van der Waals surface area (Å²) in [5.41, 5.74) is 1.83. The summed E-state index contributed by atoms with van der Waals surface area (Å²) in [5, 5.41) is 0. The van der Waals surface area contributed by atoms with Gasteiger partial charge < -0.3 is 9.47 Å². The Bertz CT molecular complexity index is 702. The molecule has 3 rings (SSSR count). The molecule has 2 bridgehead atoms. The first-order valence-corrected chi connectivity index (χ1v) is 11.4. The number of fused-ring (bicyclic) bond motifs is 2. The predicted molar refractivity (Wildman–Crippen MR) is 122 cm³/mol. The van der Waals surface area contributed by atoms with Crippen LogP contribution in [0.25, 0.3) is 0 Å². The van der Waals surface area contributed by atoms with E-state index in [0.717, 1.165) is 12.2 Å². The van der Waals surface area contributed by atoms with Crippen molar-refractivity contribution in [1.82, 2.24) is 0 Å². The highest BCUT2D eigenvalue weighted by Gasteiger charge is 2.52. The third-order valence-corrected chi connectivity index (χ3v) is 6.84. The molecule has 4 unspecified atom stereocenters. The maximum absolute atomic E-state index is 6.51. The molecule has 0 amide bonds. The van der Waals surface area contributed by atoms with Gasteiger partial charge in [0.15, 0.2) is 0 Å². The smallest absolute Gasteiger partial charge is 0.206 e. The van der Waals surface area contributed by atoms with Gasteiger partial charge in [-0.1, -0.05) is 72.8 Å². The highest BCUT2D eigenvalue weighted by Crippen LogP contribution is 2.55. The lowest BCUT2D eigenvalue weighted by Crippen LogP contribution is -2.43. The van der Waals surface area contributed by atoms with Crippen molar-refractivity contribution in [3.63, 3.8) is 0 Å². The van der Waals surface area contributed by atoms with Gasteiger partial charge in [0.05, 0.1) is 6.10 Å². The molecule has 0 N–H and O–H groups in total. The second-order valence-electron chi connectivity index (χ2n) is 12.1. The summed E-state index contributed by atoms with van der Waals surface area (Å²) >= 11 is 0. The Morgan fingerprint density at radius 2 is 1.52 bits per heavy atom. The molecular formula is C27H42O2. The zero-order valence-corrected chi connectivity index (χ0v) is 20.1. The second kappa shape index (κ2) is 7.76. The maximum Gasteiger partial charge on any atom is 0.206 e. The molecule has 0 radical (unpaired) electrons. The van der Waals surface area contributed by atoms with E-state index in [1.165, 1.54) is 12.0 Å². The van der Waals surface area contributed by atoms with Crippen molar-refractivity contribution in [3.05, 3.63) is 42.0 Å². The van der Waals surface area contributed by atoms with Gasteiger partial charge in [-0.15, -0.1) is 0 Å². The van der Waals surface area contributed by atoms with Crippen LogP contribution in [-0.2, 0) is 4.74 Å². The van der Waals surface area contributed by atoms with Crippen LogP contribution < -0.4 is 4.74 Å². The summed E-state index contributed by atoms with van der Waals surface area (Å²) < 4.78 is 12.8. The summed E-state index contributed by atoms with van der Waals surface area (Å²) in [6.45, 7) is 20.6. The molecule has 0 spiro atoms. The van der Waals surface area contributed by atoms with Crippen LogP contribution in [0, 0.1) is 28.1 Å². The summed E-state index contributed by atoms with van der Waals surface area (Å²) in [6, 6.07) is 8.80. The molecule has 0 saturated heterocycles. The number of hydrogen-bond acceptors (Lipinski definition) is 2. The molecule has 1 saturated carbocycles. The third kappa shape index (κ3) is 4.74. The Kier molecular flexibility index (Phi) is 6.00. The van der Waals surface area contributed by atoms with E-state index < -0.39 is 0 Å². The minimum atomic E-state index is -0.214. The van der Waals surface area contributed by atoms with Gasteiger partial charge in [-0.3, -0.25) is 0 Å². The molecule has 0 heterocycles. The van der Waals surface area contributed by atoms with Gasteiger partial charge in [0.2, 0.25) is 6.29 Å². The first-order valence-electron chi connectivity index (χ1n) is 11.4. The molecule has 1 aromatic carbocycles. The largest absolute Gasteiger partial charge is 0.464 e. The zero-order valence-electron chi connectivity index (χ0n) is 20.1. The Morgan fingerprint density at radius 3 is 1.93 bits per heavy atom. The molecule has 29 heavy (non-hydrogen) atoms. The molecule has 0 aromatic heterocycles. The van der Waals surface area contributed by atoms with Gasteiger partial charge >= 0.3 is 0 Å². The van der Waals surface area contributed by atoms with E-state index in [0.29, 0.717) is 17.8 Å². The van der Waals surface area contributed by atoms with Gasteiger partial charge in [0, 0.05) is 5.41 Å².